The number of hydrogen-bond donors (Lipinski definition) is 1. The molecule has 24 heavy (non-hydrogen) atoms. The van der Waals surface area contributed by atoms with Crippen LogP contribution >= 0.6 is 11.6 Å². The number of aryl methyl sites for hydroxylation is 1. The minimum absolute atomic E-state index is 0.123. The number of carboxylic acids is 1. The molecular weight excluding hydrogens is 357 g/mol. The van der Waals surface area contributed by atoms with Crippen LogP contribution in [-0.4, -0.2) is 26.0 Å². The lowest BCUT2D eigenvalue weighted by molar-refractivity contribution is -0.136. The molecule has 0 unspecified atom stereocenters. The monoisotopic (exact) mass is 371 g/mol. The molecule has 0 aliphatic carbocycles. The van der Waals surface area contributed by atoms with Crippen molar-refractivity contribution >= 4 is 33.3 Å². The molecule has 0 saturated carbocycles. The Hall–Kier alpha value is -2.12. The maximum Gasteiger partial charge on any atom is 0.305 e. The summed E-state index contributed by atoms with van der Waals surface area (Å²) in [7, 11) is -4.04. The van der Waals surface area contributed by atoms with Crippen LogP contribution in [0.5, 0.6) is 0 Å². The molecule has 0 aliphatic rings. The molecular formula is C16H15ClFNO4S. The van der Waals surface area contributed by atoms with E-state index in [1.165, 1.54) is 6.07 Å². The van der Waals surface area contributed by atoms with Gasteiger partial charge in [-0.3, -0.25) is 9.10 Å². The minimum atomic E-state index is -4.04. The van der Waals surface area contributed by atoms with Crippen LogP contribution in [-0.2, 0) is 14.8 Å². The Morgan fingerprint density at radius 1 is 1.21 bits per heavy atom. The van der Waals surface area contributed by atoms with Crippen molar-refractivity contribution < 1.29 is 22.7 Å². The Balaban J connectivity index is 2.50. The SMILES string of the molecule is Cc1cc(N(CCC(=O)O)S(=O)(=O)c2ccc(F)cc2)ccc1Cl. The first-order valence-corrected chi connectivity index (χ1v) is 8.80. The van der Waals surface area contributed by atoms with E-state index in [4.69, 9.17) is 16.7 Å². The first-order valence-electron chi connectivity index (χ1n) is 6.98. The van der Waals surface area contributed by atoms with Crippen LogP contribution in [0.25, 0.3) is 0 Å². The number of carboxylic acid groups (broad SMARTS) is 1. The number of halogens is 2. The van der Waals surface area contributed by atoms with Crippen LogP contribution in [0, 0.1) is 12.7 Å². The largest absolute Gasteiger partial charge is 0.481 e. The predicted molar refractivity (Wildman–Crippen MR) is 89.4 cm³/mol. The first kappa shape index (κ1) is 18.2. The highest BCUT2D eigenvalue weighted by molar-refractivity contribution is 7.92. The van der Waals surface area contributed by atoms with Crippen molar-refractivity contribution in [2.75, 3.05) is 10.8 Å². The number of benzene rings is 2. The van der Waals surface area contributed by atoms with Gasteiger partial charge < -0.3 is 5.11 Å². The number of carbonyl (C=O) groups is 1. The molecule has 2 aromatic rings. The van der Waals surface area contributed by atoms with Gasteiger partial charge in [0.05, 0.1) is 17.0 Å². The van der Waals surface area contributed by atoms with Gasteiger partial charge in [-0.1, -0.05) is 11.6 Å². The molecule has 128 valence electrons. The van der Waals surface area contributed by atoms with Gasteiger partial charge in [-0.15, -0.1) is 0 Å². The summed E-state index contributed by atoms with van der Waals surface area (Å²) >= 11 is 5.96. The lowest BCUT2D eigenvalue weighted by Crippen LogP contribution is -2.33. The summed E-state index contributed by atoms with van der Waals surface area (Å²) in [6, 6.07) is 8.96. The number of aliphatic carboxylic acids is 1. The van der Waals surface area contributed by atoms with Gasteiger partial charge in [0, 0.05) is 11.6 Å². The van der Waals surface area contributed by atoms with Crippen molar-refractivity contribution in [2.24, 2.45) is 0 Å². The highest BCUT2D eigenvalue weighted by atomic mass is 35.5. The highest BCUT2D eigenvalue weighted by Gasteiger charge is 2.26. The fraction of sp³-hybridized carbons (Fsp3) is 0.188. The van der Waals surface area contributed by atoms with Gasteiger partial charge in [0.1, 0.15) is 5.82 Å². The van der Waals surface area contributed by atoms with Crippen LogP contribution in [0.2, 0.25) is 5.02 Å². The zero-order chi connectivity index (χ0) is 17.9. The van der Waals surface area contributed by atoms with Crippen molar-refractivity contribution in [1.82, 2.24) is 0 Å². The first-order chi connectivity index (χ1) is 11.2. The molecule has 0 fully saturated rings. The van der Waals surface area contributed by atoms with E-state index >= 15 is 0 Å². The number of hydrogen-bond acceptors (Lipinski definition) is 3. The molecule has 0 aromatic heterocycles. The minimum Gasteiger partial charge on any atom is -0.481 e. The average molecular weight is 372 g/mol. The summed E-state index contributed by atoms with van der Waals surface area (Å²) in [4.78, 5) is 10.7. The van der Waals surface area contributed by atoms with Crippen LogP contribution in [0.1, 0.15) is 12.0 Å². The Bertz CT molecular complexity index is 853. The van der Waals surface area contributed by atoms with E-state index in [1.807, 2.05) is 0 Å². The van der Waals surface area contributed by atoms with Gasteiger partial charge >= 0.3 is 5.97 Å². The lowest BCUT2D eigenvalue weighted by atomic mass is 10.2. The normalized spacial score (nSPS) is 11.3. The van der Waals surface area contributed by atoms with E-state index in [9.17, 15) is 17.6 Å². The summed E-state index contributed by atoms with van der Waals surface area (Å²) in [5.74, 6) is -1.69. The van der Waals surface area contributed by atoms with Crippen LogP contribution in [0.3, 0.4) is 0 Å². The second-order valence-corrected chi connectivity index (χ2v) is 7.38. The third-order valence-corrected chi connectivity index (χ3v) is 5.63. The molecule has 0 bridgehead atoms. The molecule has 0 atom stereocenters. The van der Waals surface area contributed by atoms with Crippen LogP contribution in [0.4, 0.5) is 10.1 Å². The van der Waals surface area contributed by atoms with Crippen LogP contribution < -0.4 is 4.31 Å². The Labute approximate surface area is 144 Å². The van der Waals surface area contributed by atoms with Crippen molar-refractivity contribution in [2.45, 2.75) is 18.2 Å². The van der Waals surface area contributed by atoms with Gasteiger partial charge in [-0.25, -0.2) is 12.8 Å². The molecule has 2 rings (SSSR count). The molecule has 1 N–H and O–H groups in total. The topological polar surface area (TPSA) is 74.7 Å². The van der Waals surface area contributed by atoms with Gasteiger partial charge in [-0.05, 0) is 55.0 Å². The summed E-state index contributed by atoms with van der Waals surface area (Å²) in [5, 5.41) is 9.36. The Kier molecular flexibility index (Phi) is 5.46. The van der Waals surface area contributed by atoms with Crippen LogP contribution in [0.15, 0.2) is 47.4 Å². The van der Waals surface area contributed by atoms with Crippen molar-refractivity contribution in [3.8, 4) is 0 Å². The van der Waals surface area contributed by atoms with Gasteiger partial charge in [0.15, 0.2) is 0 Å². The maximum atomic E-state index is 13.0. The van der Waals surface area contributed by atoms with E-state index in [0.29, 0.717) is 16.3 Å². The zero-order valence-corrected chi connectivity index (χ0v) is 14.3. The molecule has 0 radical (unpaired) electrons. The van der Waals surface area contributed by atoms with Crippen molar-refractivity contribution in [1.29, 1.82) is 0 Å². The Morgan fingerprint density at radius 3 is 2.38 bits per heavy atom. The number of anilines is 1. The fourth-order valence-corrected chi connectivity index (χ4v) is 3.68. The van der Waals surface area contributed by atoms with Gasteiger partial charge in [0.2, 0.25) is 0 Å². The molecule has 0 saturated heterocycles. The molecule has 0 spiro atoms. The third-order valence-electron chi connectivity index (χ3n) is 3.36. The van der Waals surface area contributed by atoms with Gasteiger partial charge in [0.25, 0.3) is 10.0 Å². The van der Waals surface area contributed by atoms with Crippen molar-refractivity contribution in [3.05, 3.63) is 58.9 Å². The quantitative estimate of drug-likeness (QED) is 0.843. The third kappa shape index (κ3) is 4.04. The fourth-order valence-electron chi connectivity index (χ4n) is 2.10. The number of rotatable bonds is 6. The van der Waals surface area contributed by atoms with E-state index in [2.05, 4.69) is 0 Å². The molecule has 0 amide bonds. The Morgan fingerprint density at radius 2 is 1.83 bits per heavy atom. The second kappa shape index (κ2) is 7.19. The molecule has 8 heteroatoms. The second-order valence-electron chi connectivity index (χ2n) is 5.11. The standard InChI is InChI=1S/C16H15ClFNO4S/c1-11-10-13(4-7-15(11)17)19(9-8-16(20)21)24(22,23)14-5-2-12(18)3-6-14/h2-7,10H,8-9H2,1H3,(H,20,21). The molecule has 5 nitrogen and oxygen atoms in total. The summed E-state index contributed by atoms with van der Waals surface area (Å²) in [6.07, 6.45) is -0.373. The summed E-state index contributed by atoms with van der Waals surface area (Å²) in [5.41, 5.74) is 0.950. The molecule has 0 aliphatic heterocycles. The van der Waals surface area contributed by atoms with Crippen molar-refractivity contribution in [3.63, 3.8) is 0 Å². The number of nitrogens with zero attached hydrogens (tertiary/aromatic N) is 1. The molecule has 0 heterocycles. The molecule has 2 aromatic carbocycles. The van der Waals surface area contributed by atoms with E-state index in [0.717, 1.165) is 28.6 Å². The summed E-state index contributed by atoms with van der Waals surface area (Å²) in [6.45, 7) is 1.46. The van der Waals surface area contributed by atoms with E-state index in [-0.39, 0.29) is 17.9 Å². The zero-order valence-electron chi connectivity index (χ0n) is 12.7. The smallest absolute Gasteiger partial charge is 0.305 e. The summed E-state index contributed by atoms with van der Waals surface area (Å²) < 4.78 is 39.7. The lowest BCUT2D eigenvalue weighted by Gasteiger charge is -2.24. The van der Waals surface area contributed by atoms with Gasteiger partial charge in [-0.2, -0.15) is 0 Å². The average Bonchev–Trinajstić information content (AvgIpc) is 2.51. The van der Waals surface area contributed by atoms with E-state index in [1.54, 1.807) is 19.1 Å². The maximum absolute atomic E-state index is 13.0. The number of sulfonamides is 1. The van der Waals surface area contributed by atoms with E-state index < -0.39 is 21.8 Å². The predicted octanol–water partition coefficient (Wildman–Crippen LogP) is 3.46. The highest BCUT2D eigenvalue weighted by Crippen LogP contribution is 2.27.